The van der Waals surface area contributed by atoms with E-state index in [-0.39, 0.29) is 0 Å². The highest BCUT2D eigenvalue weighted by molar-refractivity contribution is 5.50. The quantitative estimate of drug-likeness (QED) is 0.663. The molecule has 0 aliphatic carbocycles. The fraction of sp³-hybridized carbons (Fsp3) is 0.421. The minimum absolute atomic E-state index is 0.768. The molecular formula is C19H25N5. The SMILES string of the molecule is CCCCn1nc(C)cc1-c1nncn1Cc1ccc(CC)cc1. The van der Waals surface area contributed by atoms with Crippen molar-refractivity contribution in [2.45, 2.75) is 53.1 Å². The van der Waals surface area contributed by atoms with Crippen molar-refractivity contribution in [1.82, 2.24) is 24.5 Å². The van der Waals surface area contributed by atoms with Crippen LogP contribution in [0.4, 0.5) is 0 Å². The maximum Gasteiger partial charge on any atom is 0.182 e. The van der Waals surface area contributed by atoms with Crippen LogP contribution in [-0.4, -0.2) is 24.5 Å². The summed E-state index contributed by atoms with van der Waals surface area (Å²) in [6.45, 7) is 8.07. The number of hydrogen-bond acceptors (Lipinski definition) is 3. The molecule has 2 heterocycles. The molecule has 0 saturated heterocycles. The molecule has 0 spiro atoms. The average Bonchev–Trinajstić information content (AvgIpc) is 3.19. The van der Waals surface area contributed by atoms with Crippen LogP contribution in [0.3, 0.4) is 0 Å². The van der Waals surface area contributed by atoms with E-state index >= 15 is 0 Å². The summed E-state index contributed by atoms with van der Waals surface area (Å²) in [5.74, 6) is 0.881. The molecule has 0 fully saturated rings. The van der Waals surface area contributed by atoms with E-state index in [2.05, 4.69) is 68.7 Å². The average molecular weight is 323 g/mol. The molecule has 0 amide bonds. The Hall–Kier alpha value is -2.43. The van der Waals surface area contributed by atoms with Crippen molar-refractivity contribution in [1.29, 1.82) is 0 Å². The van der Waals surface area contributed by atoms with E-state index in [0.29, 0.717) is 0 Å². The van der Waals surface area contributed by atoms with Gasteiger partial charge in [-0.15, -0.1) is 10.2 Å². The van der Waals surface area contributed by atoms with Gasteiger partial charge in [-0.2, -0.15) is 5.10 Å². The third-order valence-corrected chi connectivity index (χ3v) is 4.25. The molecule has 3 aromatic rings. The Labute approximate surface area is 143 Å². The molecule has 0 aliphatic heterocycles. The summed E-state index contributed by atoms with van der Waals surface area (Å²) in [4.78, 5) is 0. The van der Waals surface area contributed by atoms with Crippen molar-refractivity contribution in [2.75, 3.05) is 0 Å². The van der Waals surface area contributed by atoms with E-state index in [1.165, 1.54) is 11.1 Å². The lowest BCUT2D eigenvalue weighted by atomic mass is 10.1. The van der Waals surface area contributed by atoms with Crippen LogP contribution in [0.15, 0.2) is 36.7 Å². The largest absolute Gasteiger partial charge is 0.308 e. The Morgan fingerprint density at radius 2 is 1.79 bits per heavy atom. The van der Waals surface area contributed by atoms with E-state index in [1.807, 2.05) is 6.92 Å². The summed E-state index contributed by atoms with van der Waals surface area (Å²) in [6, 6.07) is 10.8. The van der Waals surface area contributed by atoms with E-state index in [4.69, 9.17) is 0 Å². The van der Waals surface area contributed by atoms with E-state index in [9.17, 15) is 0 Å². The Morgan fingerprint density at radius 1 is 1.04 bits per heavy atom. The Bertz CT molecular complexity index is 782. The van der Waals surface area contributed by atoms with Gasteiger partial charge in [-0.25, -0.2) is 0 Å². The number of hydrogen-bond donors (Lipinski definition) is 0. The van der Waals surface area contributed by atoms with Crippen LogP contribution in [0.5, 0.6) is 0 Å². The topological polar surface area (TPSA) is 48.5 Å². The van der Waals surface area contributed by atoms with Gasteiger partial charge in [0.2, 0.25) is 0 Å². The maximum absolute atomic E-state index is 4.61. The molecule has 126 valence electrons. The lowest BCUT2D eigenvalue weighted by molar-refractivity contribution is 0.570. The molecule has 0 N–H and O–H groups in total. The number of aromatic nitrogens is 5. The van der Waals surface area contributed by atoms with E-state index in [1.54, 1.807) is 6.33 Å². The van der Waals surface area contributed by atoms with Gasteiger partial charge in [0.05, 0.1) is 12.2 Å². The van der Waals surface area contributed by atoms with Gasteiger partial charge < -0.3 is 4.57 Å². The Kier molecular flexibility index (Phi) is 5.08. The predicted molar refractivity (Wildman–Crippen MR) is 95.8 cm³/mol. The van der Waals surface area contributed by atoms with Crippen molar-refractivity contribution >= 4 is 0 Å². The van der Waals surface area contributed by atoms with Gasteiger partial charge in [0.15, 0.2) is 5.82 Å². The smallest absolute Gasteiger partial charge is 0.182 e. The number of rotatable bonds is 7. The summed E-state index contributed by atoms with van der Waals surface area (Å²) in [5.41, 5.74) is 4.67. The highest BCUT2D eigenvalue weighted by Crippen LogP contribution is 2.20. The normalized spacial score (nSPS) is 11.1. The van der Waals surface area contributed by atoms with Crippen molar-refractivity contribution in [3.8, 4) is 11.5 Å². The molecule has 5 nitrogen and oxygen atoms in total. The summed E-state index contributed by atoms with van der Waals surface area (Å²) in [6.07, 6.45) is 5.12. The molecule has 3 rings (SSSR count). The zero-order valence-corrected chi connectivity index (χ0v) is 14.7. The Balaban J connectivity index is 1.87. The molecule has 2 aromatic heterocycles. The molecule has 0 aliphatic rings. The molecule has 0 unspecified atom stereocenters. The lowest BCUT2D eigenvalue weighted by Gasteiger charge is -2.09. The van der Waals surface area contributed by atoms with Gasteiger partial charge in [-0.1, -0.05) is 44.5 Å². The molecule has 0 radical (unpaired) electrons. The predicted octanol–water partition coefficient (Wildman–Crippen LogP) is 3.86. The van der Waals surface area contributed by atoms with E-state index < -0.39 is 0 Å². The highest BCUT2D eigenvalue weighted by atomic mass is 15.3. The number of benzene rings is 1. The molecular weight excluding hydrogens is 298 g/mol. The minimum atomic E-state index is 0.768. The van der Waals surface area contributed by atoms with Crippen LogP contribution in [0.25, 0.3) is 11.5 Å². The van der Waals surface area contributed by atoms with Gasteiger partial charge in [-0.05, 0) is 37.0 Å². The van der Waals surface area contributed by atoms with Crippen LogP contribution in [0.1, 0.15) is 43.5 Å². The first-order valence-corrected chi connectivity index (χ1v) is 8.71. The fourth-order valence-corrected chi connectivity index (χ4v) is 2.85. The van der Waals surface area contributed by atoms with Crippen LogP contribution in [-0.2, 0) is 19.5 Å². The molecule has 0 bridgehead atoms. The van der Waals surface area contributed by atoms with Crippen LogP contribution >= 0.6 is 0 Å². The fourth-order valence-electron chi connectivity index (χ4n) is 2.85. The van der Waals surface area contributed by atoms with Crippen molar-refractivity contribution in [3.63, 3.8) is 0 Å². The molecule has 0 saturated carbocycles. The third-order valence-electron chi connectivity index (χ3n) is 4.25. The van der Waals surface area contributed by atoms with E-state index in [0.717, 1.165) is 49.6 Å². The van der Waals surface area contributed by atoms with Crippen molar-refractivity contribution < 1.29 is 0 Å². The summed E-state index contributed by atoms with van der Waals surface area (Å²) in [7, 11) is 0. The van der Waals surface area contributed by atoms with Crippen LogP contribution in [0, 0.1) is 6.92 Å². The van der Waals surface area contributed by atoms with Crippen molar-refractivity contribution in [3.05, 3.63) is 53.5 Å². The van der Waals surface area contributed by atoms with Gasteiger partial charge in [0.1, 0.15) is 12.0 Å². The first-order chi connectivity index (χ1) is 11.7. The van der Waals surface area contributed by atoms with Gasteiger partial charge >= 0.3 is 0 Å². The van der Waals surface area contributed by atoms with Gasteiger partial charge in [0, 0.05) is 6.54 Å². The molecule has 0 atom stereocenters. The zero-order chi connectivity index (χ0) is 16.9. The molecule has 1 aromatic carbocycles. The number of unbranched alkanes of at least 4 members (excludes halogenated alkanes) is 1. The zero-order valence-electron chi connectivity index (χ0n) is 14.7. The summed E-state index contributed by atoms with van der Waals surface area (Å²) < 4.78 is 4.15. The first kappa shape index (κ1) is 16.4. The second-order valence-electron chi connectivity index (χ2n) is 6.20. The monoisotopic (exact) mass is 323 g/mol. The third kappa shape index (κ3) is 3.55. The Morgan fingerprint density at radius 3 is 2.50 bits per heavy atom. The van der Waals surface area contributed by atoms with Crippen LogP contribution < -0.4 is 0 Å². The molecule has 24 heavy (non-hydrogen) atoms. The van der Waals surface area contributed by atoms with Gasteiger partial charge in [-0.3, -0.25) is 4.68 Å². The second-order valence-corrected chi connectivity index (χ2v) is 6.20. The minimum Gasteiger partial charge on any atom is -0.308 e. The lowest BCUT2D eigenvalue weighted by Crippen LogP contribution is -2.07. The summed E-state index contributed by atoms with van der Waals surface area (Å²) >= 11 is 0. The second kappa shape index (κ2) is 7.43. The first-order valence-electron chi connectivity index (χ1n) is 8.71. The summed E-state index contributed by atoms with van der Waals surface area (Å²) in [5, 5.41) is 13.1. The van der Waals surface area contributed by atoms with Crippen LogP contribution in [0.2, 0.25) is 0 Å². The van der Waals surface area contributed by atoms with Crippen molar-refractivity contribution in [2.24, 2.45) is 0 Å². The number of aryl methyl sites for hydroxylation is 3. The maximum atomic E-state index is 4.61. The van der Waals surface area contributed by atoms with Gasteiger partial charge in [0.25, 0.3) is 0 Å². The standard InChI is InChI=1S/C19H25N5/c1-4-6-11-24-18(12-15(3)22-24)19-21-20-14-23(19)13-17-9-7-16(5-2)8-10-17/h7-10,12,14H,4-6,11,13H2,1-3H3. The number of nitrogens with zero attached hydrogens (tertiary/aromatic N) is 5. The molecule has 5 heteroatoms. The highest BCUT2D eigenvalue weighted by Gasteiger charge is 2.14.